The fourth-order valence-electron chi connectivity index (χ4n) is 5.55. The number of benzene rings is 1. The Morgan fingerprint density at radius 2 is 2.00 bits per heavy atom. The number of nitrogens with one attached hydrogen (secondary N) is 1. The number of nitrogens with two attached hydrogens (primary N) is 1. The molecule has 5 rings (SSSR count). The van der Waals surface area contributed by atoms with Crippen molar-refractivity contribution in [2.75, 3.05) is 19.3 Å². The highest BCUT2D eigenvalue weighted by Gasteiger charge is 2.39. The maximum atomic E-state index is 5.82. The first-order valence-electron chi connectivity index (χ1n) is 9.90. The van der Waals surface area contributed by atoms with E-state index < -0.39 is 0 Å². The fraction of sp³-hybridized carbons (Fsp3) is 0.455. The van der Waals surface area contributed by atoms with Crippen LogP contribution < -0.4 is 5.73 Å². The first-order chi connectivity index (χ1) is 13.0. The molecule has 2 aliphatic rings. The second-order valence-corrected chi connectivity index (χ2v) is 8.44. The number of nitrogen functional groups attached to an aromatic ring is 1. The van der Waals surface area contributed by atoms with Crippen LogP contribution in [0.2, 0.25) is 0 Å². The van der Waals surface area contributed by atoms with Gasteiger partial charge in [0.25, 0.3) is 0 Å². The van der Waals surface area contributed by atoms with Crippen LogP contribution in [0.15, 0.2) is 24.4 Å². The molecule has 1 aliphatic heterocycles. The zero-order chi connectivity index (χ0) is 18.7. The highest BCUT2D eigenvalue weighted by molar-refractivity contribution is 5.88. The molecule has 0 saturated carbocycles. The van der Waals surface area contributed by atoms with Gasteiger partial charge in [0, 0.05) is 47.0 Å². The zero-order valence-corrected chi connectivity index (χ0v) is 16.3. The standard InChI is InChI=1S/C22H27N5/c1-12-17(13(2)26-22(23)25-12)7-14-8-18-16-5-4-6-19-21(16)15(10-24-19)9-20(18)27(3)11-14/h4-6,10,14,18,20,24H,7-9,11H2,1-3H3,(H2,23,25,26)/t14-,18-,20-/m1/s1. The van der Waals surface area contributed by atoms with E-state index >= 15 is 0 Å². The van der Waals surface area contributed by atoms with E-state index in [1.165, 1.54) is 34.0 Å². The molecule has 140 valence electrons. The van der Waals surface area contributed by atoms with Crippen LogP contribution in [0.4, 0.5) is 5.95 Å². The largest absolute Gasteiger partial charge is 0.368 e. The maximum Gasteiger partial charge on any atom is 0.220 e. The summed E-state index contributed by atoms with van der Waals surface area (Å²) in [5, 5.41) is 1.47. The lowest BCUT2D eigenvalue weighted by molar-refractivity contribution is 0.111. The molecular weight excluding hydrogens is 334 g/mol. The lowest BCUT2D eigenvalue weighted by atomic mass is 9.71. The number of piperidine rings is 1. The van der Waals surface area contributed by atoms with Crippen molar-refractivity contribution in [3.8, 4) is 0 Å². The Morgan fingerprint density at radius 3 is 2.78 bits per heavy atom. The molecule has 1 fully saturated rings. The van der Waals surface area contributed by atoms with Crippen LogP contribution in [0.3, 0.4) is 0 Å². The quantitative estimate of drug-likeness (QED) is 0.734. The van der Waals surface area contributed by atoms with Crippen molar-refractivity contribution in [3.05, 3.63) is 52.5 Å². The summed E-state index contributed by atoms with van der Waals surface area (Å²) in [5.41, 5.74) is 13.4. The number of aromatic amines is 1. The summed E-state index contributed by atoms with van der Waals surface area (Å²) in [6, 6.07) is 7.34. The number of aryl methyl sites for hydroxylation is 2. The van der Waals surface area contributed by atoms with E-state index in [1.807, 2.05) is 0 Å². The normalized spacial score (nSPS) is 24.9. The van der Waals surface area contributed by atoms with Crippen molar-refractivity contribution in [2.45, 2.75) is 45.1 Å². The third-order valence-electron chi connectivity index (χ3n) is 6.74. The number of hydrogen-bond acceptors (Lipinski definition) is 4. The summed E-state index contributed by atoms with van der Waals surface area (Å²) in [5.74, 6) is 1.58. The van der Waals surface area contributed by atoms with Crippen LogP contribution in [0.25, 0.3) is 10.9 Å². The Hall–Kier alpha value is -2.40. The molecule has 1 aliphatic carbocycles. The smallest absolute Gasteiger partial charge is 0.220 e. The van der Waals surface area contributed by atoms with Crippen molar-refractivity contribution >= 4 is 16.9 Å². The molecule has 27 heavy (non-hydrogen) atoms. The molecular formula is C22H27N5. The van der Waals surface area contributed by atoms with E-state index in [0.29, 0.717) is 23.8 Å². The van der Waals surface area contributed by atoms with E-state index in [0.717, 1.165) is 30.8 Å². The van der Waals surface area contributed by atoms with Gasteiger partial charge in [0.2, 0.25) is 5.95 Å². The Bertz CT molecular complexity index is 998. The predicted molar refractivity (Wildman–Crippen MR) is 109 cm³/mol. The van der Waals surface area contributed by atoms with Gasteiger partial charge in [0.15, 0.2) is 0 Å². The second kappa shape index (κ2) is 6.06. The number of fused-ring (bicyclic) bond motifs is 2. The number of nitrogens with zero attached hydrogens (tertiary/aromatic N) is 3. The topological polar surface area (TPSA) is 70.8 Å². The van der Waals surface area contributed by atoms with Gasteiger partial charge in [0.1, 0.15) is 0 Å². The van der Waals surface area contributed by atoms with Gasteiger partial charge >= 0.3 is 0 Å². The molecule has 0 spiro atoms. The number of anilines is 1. The highest BCUT2D eigenvalue weighted by atomic mass is 15.1. The Morgan fingerprint density at radius 1 is 1.22 bits per heavy atom. The van der Waals surface area contributed by atoms with Crippen molar-refractivity contribution in [2.24, 2.45) is 5.92 Å². The van der Waals surface area contributed by atoms with Gasteiger partial charge in [-0.15, -0.1) is 0 Å². The van der Waals surface area contributed by atoms with Crippen molar-refractivity contribution < 1.29 is 0 Å². The number of likely N-dealkylation sites (N-methyl/N-ethyl adjacent to an activating group) is 1. The van der Waals surface area contributed by atoms with Gasteiger partial charge < -0.3 is 15.6 Å². The van der Waals surface area contributed by atoms with Gasteiger partial charge in [-0.2, -0.15) is 0 Å². The number of rotatable bonds is 2. The first kappa shape index (κ1) is 16.8. The molecule has 3 aromatic rings. The summed E-state index contributed by atoms with van der Waals surface area (Å²) in [7, 11) is 2.29. The second-order valence-electron chi connectivity index (χ2n) is 8.44. The lowest BCUT2D eigenvalue weighted by Crippen LogP contribution is -2.48. The molecule has 1 saturated heterocycles. The number of H-pyrrole nitrogens is 1. The molecule has 0 unspecified atom stereocenters. The van der Waals surface area contributed by atoms with Crippen LogP contribution in [0.5, 0.6) is 0 Å². The number of hydrogen-bond donors (Lipinski definition) is 2. The molecule has 3 atom stereocenters. The van der Waals surface area contributed by atoms with E-state index in [2.05, 4.69) is 65.1 Å². The Kier molecular flexibility index (Phi) is 3.76. The van der Waals surface area contributed by atoms with E-state index in [1.54, 1.807) is 0 Å². The number of likely N-dealkylation sites (tertiary alicyclic amines) is 1. The molecule has 5 nitrogen and oxygen atoms in total. The summed E-state index contributed by atoms with van der Waals surface area (Å²) in [4.78, 5) is 14.9. The SMILES string of the molecule is Cc1nc(N)nc(C)c1C[C@@H]1C[C@@H]2c3cccc4[nH]cc(c34)C[C@H]2N(C)C1. The van der Waals surface area contributed by atoms with Gasteiger partial charge in [-0.1, -0.05) is 12.1 Å². The van der Waals surface area contributed by atoms with E-state index in [9.17, 15) is 0 Å². The summed E-state index contributed by atoms with van der Waals surface area (Å²) < 4.78 is 0. The van der Waals surface area contributed by atoms with Crippen LogP contribution in [-0.4, -0.2) is 39.5 Å². The van der Waals surface area contributed by atoms with Crippen LogP contribution in [-0.2, 0) is 12.8 Å². The lowest BCUT2D eigenvalue weighted by Gasteiger charge is -2.45. The number of aromatic nitrogens is 3. The average Bonchev–Trinajstić information content (AvgIpc) is 3.04. The third-order valence-corrected chi connectivity index (χ3v) is 6.74. The molecule has 1 aromatic carbocycles. The molecule has 2 aromatic heterocycles. The summed E-state index contributed by atoms with van der Waals surface area (Å²) in [6.07, 6.45) is 5.61. The molecule has 0 bridgehead atoms. The van der Waals surface area contributed by atoms with E-state index in [4.69, 9.17) is 5.73 Å². The molecule has 5 heteroatoms. The fourth-order valence-corrected chi connectivity index (χ4v) is 5.55. The minimum absolute atomic E-state index is 0.383. The van der Waals surface area contributed by atoms with Crippen LogP contribution in [0, 0.1) is 19.8 Å². The molecule has 3 N–H and O–H groups in total. The monoisotopic (exact) mass is 361 g/mol. The molecule has 3 heterocycles. The Labute approximate surface area is 160 Å². The van der Waals surface area contributed by atoms with Gasteiger partial charge in [-0.25, -0.2) is 9.97 Å². The van der Waals surface area contributed by atoms with E-state index in [-0.39, 0.29) is 0 Å². The van der Waals surface area contributed by atoms with Crippen molar-refractivity contribution in [1.29, 1.82) is 0 Å². The van der Waals surface area contributed by atoms with Crippen LogP contribution in [0.1, 0.15) is 40.4 Å². The first-order valence-corrected chi connectivity index (χ1v) is 9.90. The van der Waals surface area contributed by atoms with Gasteiger partial charge in [-0.05, 0) is 68.8 Å². The molecule has 0 radical (unpaired) electrons. The van der Waals surface area contributed by atoms with Crippen molar-refractivity contribution in [3.63, 3.8) is 0 Å². The van der Waals surface area contributed by atoms with Crippen LogP contribution >= 0.6 is 0 Å². The summed E-state index contributed by atoms with van der Waals surface area (Å²) >= 11 is 0. The Balaban J connectivity index is 1.49. The molecule has 0 amide bonds. The van der Waals surface area contributed by atoms with Crippen molar-refractivity contribution in [1.82, 2.24) is 19.9 Å². The summed E-state index contributed by atoms with van der Waals surface area (Å²) in [6.45, 7) is 5.24. The highest BCUT2D eigenvalue weighted by Crippen LogP contribution is 2.44. The van der Waals surface area contributed by atoms with Gasteiger partial charge in [-0.3, -0.25) is 0 Å². The predicted octanol–water partition coefficient (Wildman–Crippen LogP) is 3.36. The minimum Gasteiger partial charge on any atom is -0.368 e. The third kappa shape index (κ3) is 2.64. The maximum absolute atomic E-state index is 5.82. The van der Waals surface area contributed by atoms with Gasteiger partial charge in [0.05, 0.1) is 0 Å². The minimum atomic E-state index is 0.383. The average molecular weight is 361 g/mol. The zero-order valence-electron chi connectivity index (χ0n) is 16.3.